The number of likely N-dealkylation sites (N-methyl/N-ethyl adjacent to an activating group) is 1. The van der Waals surface area contributed by atoms with Gasteiger partial charge in [0.15, 0.2) is 0 Å². The van der Waals surface area contributed by atoms with Crippen molar-refractivity contribution in [3.8, 4) is 0 Å². The molecule has 1 atom stereocenters. The Morgan fingerprint density at radius 1 is 1.38 bits per heavy atom. The number of carbonyl (C=O) groups excluding carboxylic acids is 1. The molecular formula is C16H19N3O2. The van der Waals surface area contributed by atoms with E-state index in [0.717, 1.165) is 34.8 Å². The Morgan fingerprint density at radius 3 is 2.86 bits per heavy atom. The van der Waals surface area contributed by atoms with E-state index in [-0.39, 0.29) is 11.9 Å². The summed E-state index contributed by atoms with van der Waals surface area (Å²) in [4.78, 5) is 14.0. The van der Waals surface area contributed by atoms with Crippen LogP contribution in [-0.2, 0) is 11.3 Å². The molecule has 0 aliphatic carbocycles. The molecule has 0 radical (unpaired) electrons. The van der Waals surface area contributed by atoms with Gasteiger partial charge >= 0.3 is 0 Å². The van der Waals surface area contributed by atoms with Crippen LogP contribution < -0.4 is 15.5 Å². The molecule has 0 saturated heterocycles. The normalized spacial score (nSPS) is 16.7. The van der Waals surface area contributed by atoms with Gasteiger partial charge < -0.3 is 20.0 Å². The van der Waals surface area contributed by atoms with Gasteiger partial charge in [-0.2, -0.15) is 0 Å². The Labute approximate surface area is 123 Å². The van der Waals surface area contributed by atoms with E-state index in [1.807, 2.05) is 38.2 Å². The molecule has 3 rings (SSSR count). The third-order valence-electron chi connectivity index (χ3n) is 3.97. The highest BCUT2D eigenvalue weighted by molar-refractivity contribution is 6.03. The number of nitrogens with one attached hydrogen (secondary N) is 2. The third kappa shape index (κ3) is 2.40. The second kappa shape index (κ2) is 5.26. The highest BCUT2D eigenvalue weighted by Gasteiger charge is 2.29. The molecular weight excluding hydrogens is 266 g/mol. The van der Waals surface area contributed by atoms with E-state index in [0.29, 0.717) is 0 Å². The highest BCUT2D eigenvalue weighted by Crippen LogP contribution is 2.34. The van der Waals surface area contributed by atoms with Crippen LogP contribution >= 0.6 is 0 Å². The Morgan fingerprint density at radius 2 is 2.19 bits per heavy atom. The maximum atomic E-state index is 11.8. The summed E-state index contributed by atoms with van der Waals surface area (Å²) in [5, 5.41) is 5.94. The minimum absolute atomic E-state index is 0.00187. The van der Waals surface area contributed by atoms with Crippen molar-refractivity contribution in [2.45, 2.75) is 19.5 Å². The fourth-order valence-corrected chi connectivity index (χ4v) is 2.70. The summed E-state index contributed by atoms with van der Waals surface area (Å²) in [5.74, 6) is 0.935. The first-order valence-electron chi connectivity index (χ1n) is 6.96. The molecule has 2 heterocycles. The number of anilines is 2. The summed E-state index contributed by atoms with van der Waals surface area (Å²) in [7, 11) is 3.82. The summed E-state index contributed by atoms with van der Waals surface area (Å²) in [5.41, 5.74) is 4.10. The first kappa shape index (κ1) is 13.7. The first-order valence-corrected chi connectivity index (χ1v) is 6.96. The smallest absolute Gasteiger partial charge is 0.246 e. The Kier molecular flexibility index (Phi) is 3.43. The van der Waals surface area contributed by atoms with E-state index in [4.69, 9.17) is 4.42 Å². The SMILES string of the molecule is CNC1C(=O)Nc2cc(N(C)Cc3ccoc3C)ccc21. The van der Waals surface area contributed by atoms with Crippen LogP contribution in [0.4, 0.5) is 11.4 Å². The van der Waals surface area contributed by atoms with Gasteiger partial charge in [-0.3, -0.25) is 4.79 Å². The zero-order chi connectivity index (χ0) is 15.0. The van der Waals surface area contributed by atoms with E-state index >= 15 is 0 Å². The van der Waals surface area contributed by atoms with Gasteiger partial charge in [0.2, 0.25) is 5.91 Å². The molecule has 1 aromatic heterocycles. The summed E-state index contributed by atoms with van der Waals surface area (Å²) in [6.07, 6.45) is 1.71. The van der Waals surface area contributed by atoms with Crippen LogP contribution in [0.1, 0.15) is 22.9 Å². The summed E-state index contributed by atoms with van der Waals surface area (Å²) in [6.45, 7) is 2.73. The predicted octanol–water partition coefficient (Wildman–Crippen LogP) is 2.44. The van der Waals surface area contributed by atoms with Gasteiger partial charge in [0, 0.05) is 36.1 Å². The average Bonchev–Trinajstić information content (AvgIpc) is 3.00. The van der Waals surface area contributed by atoms with Crippen molar-refractivity contribution in [1.29, 1.82) is 0 Å². The first-order chi connectivity index (χ1) is 10.1. The molecule has 21 heavy (non-hydrogen) atoms. The van der Waals surface area contributed by atoms with Gasteiger partial charge in [0.05, 0.1) is 6.26 Å². The topological polar surface area (TPSA) is 57.5 Å². The Bertz CT molecular complexity index is 678. The van der Waals surface area contributed by atoms with Crippen molar-refractivity contribution in [3.05, 3.63) is 47.4 Å². The lowest BCUT2D eigenvalue weighted by atomic mass is 10.1. The standard InChI is InChI=1S/C16H19N3O2/c1-10-11(6-7-21-10)9-19(3)12-4-5-13-14(8-12)18-16(20)15(13)17-2/h4-8,15,17H,9H2,1-3H3,(H,18,20). The second-order valence-corrected chi connectivity index (χ2v) is 5.34. The molecule has 110 valence electrons. The van der Waals surface area contributed by atoms with Crippen molar-refractivity contribution in [1.82, 2.24) is 5.32 Å². The number of aryl methyl sites for hydroxylation is 1. The summed E-state index contributed by atoms with van der Waals surface area (Å²) in [6, 6.07) is 7.79. The quantitative estimate of drug-likeness (QED) is 0.906. The number of hydrogen-bond donors (Lipinski definition) is 2. The predicted molar refractivity (Wildman–Crippen MR) is 82.4 cm³/mol. The lowest BCUT2D eigenvalue weighted by molar-refractivity contribution is -0.117. The van der Waals surface area contributed by atoms with Crippen molar-refractivity contribution in [3.63, 3.8) is 0 Å². The molecule has 1 amide bonds. The Balaban J connectivity index is 1.83. The van der Waals surface area contributed by atoms with Gasteiger partial charge in [0.25, 0.3) is 0 Å². The monoisotopic (exact) mass is 285 g/mol. The van der Waals surface area contributed by atoms with Crippen molar-refractivity contribution >= 4 is 17.3 Å². The maximum Gasteiger partial charge on any atom is 0.246 e. The van der Waals surface area contributed by atoms with Crippen molar-refractivity contribution in [2.75, 3.05) is 24.3 Å². The number of hydrogen-bond acceptors (Lipinski definition) is 4. The lowest BCUT2D eigenvalue weighted by Gasteiger charge is -2.20. The number of amides is 1. The highest BCUT2D eigenvalue weighted by atomic mass is 16.3. The molecule has 2 aromatic rings. The number of furan rings is 1. The number of nitrogens with zero attached hydrogens (tertiary/aromatic N) is 1. The van der Waals surface area contributed by atoms with Crippen LogP contribution in [0.15, 0.2) is 34.9 Å². The number of fused-ring (bicyclic) bond motifs is 1. The van der Waals surface area contributed by atoms with Crippen molar-refractivity contribution in [2.24, 2.45) is 0 Å². The molecule has 2 N–H and O–H groups in total. The van der Waals surface area contributed by atoms with Crippen molar-refractivity contribution < 1.29 is 9.21 Å². The van der Waals surface area contributed by atoms with Crippen LogP contribution in [0.2, 0.25) is 0 Å². The van der Waals surface area contributed by atoms with Crippen LogP contribution in [-0.4, -0.2) is 20.0 Å². The average molecular weight is 285 g/mol. The largest absolute Gasteiger partial charge is 0.469 e. The van der Waals surface area contributed by atoms with Crippen LogP contribution in [0.5, 0.6) is 0 Å². The molecule has 0 saturated carbocycles. The fourth-order valence-electron chi connectivity index (χ4n) is 2.70. The van der Waals surface area contributed by atoms with E-state index in [9.17, 15) is 4.79 Å². The van der Waals surface area contributed by atoms with E-state index < -0.39 is 0 Å². The van der Waals surface area contributed by atoms with Crippen LogP contribution in [0.3, 0.4) is 0 Å². The molecule has 0 spiro atoms. The molecule has 0 fully saturated rings. The Hall–Kier alpha value is -2.27. The molecule has 5 nitrogen and oxygen atoms in total. The number of carbonyl (C=O) groups is 1. The molecule has 1 unspecified atom stereocenters. The number of rotatable bonds is 4. The van der Waals surface area contributed by atoms with Gasteiger partial charge in [-0.15, -0.1) is 0 Å². The molecule has 1 aliphatic rings. The van der Waals surface area contributed by atoms with E-state index in [1.165, 1.54) is 0 Å². The van der Waals surface area contributed by atoms with Crippen LogP contribution in [0, 0.1) is 6.92 Å². The zero-order valence-electron chi connectivity index (χ0n) is 12.4. The van der Waals surface area contributed by atoms with Gasteiger partial charge in [-0.1, -0.05) is 6.07 Å². The summed E-state index contributed by atoms with van der Waals surface area (Å²) < 4.78 is 5.33. The van der Waals surface area contributed by atoms with Gasteiger partial charge in [-0.25, -0.2) is 0 Å². The lowest BCUT2D eigenvalue weighted by Crippen LogP contribution is -2.23. The van der Waals surface area contributed by atoms with Crippen LogP contribution in [0.25, 0.3) is 0 Å². The maximum absolute atomic E-state index is 11.8. The zero-order valence-corrected chi connectivity index (χ0v) is 12.4. The fraction of sp³-hybridized carbons (Fsp3) is 0.312. The summed E-state index contributed by atoms with van der Waals surface area (Å²) >= 11 is 0. The molecule has 1 aliphatic heterocycles. The minimum Gasteiger partial charge on any atom is -0.469 e. The minimum atomic E-state index is -0.254. The molecule has 1 aromatic carbocycles. The van der Waals surface area contributed by atoms with Gasteiger partial charge in [0.1, 0.15) is 11.8 Å². The second-order valence-electron chi connectivity index (χ2n) is 5.34. The molecule has 0 bridgehead atoms. The van der Waals surface area contributed by atoms with E-state index in [2.05, 4.69) is 15.5 Å². The molecule has 5 heteroatoms. The number of benzene rings is 1. The van der Waals surface area contributed by atoms with E-state index in [1.54, 1.807) is 13.3 Å². The third-order valence-corrected chi connectivity index (χ3v) is 3.97. The van der Waals surface area contributed by atoms with Gasteiger partial charge in [-0.05, 0) is 32.2 Å².